The molecule has 0 aliphatic heterocycles. The monoisotopic (exact) mass is 433 g/mol. The maximum Gasteiger partial charge on any atom is 0.303 e. The van der Waals surface area contributed by atoms with E-state index in [-0.39, 0.29) is 29.4 Å². The molecule has 0 aliphatic rings. The summed E-state index contributed by atoms with van der Waals surface area (Å²) in [4.78, 5) is 52.2. The van der Waals surface area contributed by atoms with Crippen LogP contribution in [0.1, 0.15) is 36.0 Å². The van der Waals surface area contributed by atoms with Gasteiger partial charge in [0.25, 0.3) is 11.1 Å². The Morgan fingerprint density at radius 1 is 0.812 bits per heavy atom. The third-order valence-electron chi connectivity index (χ3n) is 4.67. The zero-order valence-electron chi connectivity index (χ0n) is 17.3. The lowest BCUT2D eigenvalue weighted by molar-refractivity contribution is -0.137. The molecule has 0 spiro atoms. The minimum absolute atomic E-state index is 0.0373. The van der Waals surface area contributed by atoms with E-state index in [4.69, 9.17) is 5.11 Å². The average Bonchev–Trinajstić information content (AvgIpc) is 2.77. The number of H-pyrrole nitrogens is 2. The molecule has 1 heterocycles. The molecule has 0 saturated heterocycles. The molecule has 32 heavy (non-hydrogen) atoms. The lowest BCUT2D eigenvalue weighted by Crippen LogP contribution is -2.46. The van der Waals surface area contributed by atoms with Gasteiger partial charge in [-0.1, -0.05) is 54.6 Å². The first-order valence-electron chi connectivity index (χ1n) is 10.1. The maximum absolute atomic E-state index is 12.4. The second-order valence-electron chi connectivity index (χ2n) is 7.20. The Hall–Kier alpha value is -4.20. The molecule has 1 amide bonds. The summed E-state index contributed by atoms with van der Waals surface area (Å²) in [6, 6.07) is 16.4. The number of aromatic nitrogens is 2. The van der Waals surface area contributed by atoms with Gasteiger partial charge in [-0.25, -0.2) is 0 Å². The molecule has 3 aromatic rings. The Kier molecular flexibility index (Phi) is 7.53. The maximum atomic E-state index is 12.4. The van der Waals surface area contributed by atoms with Gasteiger partial charge in [-0.3, -0.25) is 19.2 Å². The fourth-order valence-electron chi connectivity index (χ4n) is 3.00. The first-order chi connectivity index (χ1) is 15.4. The zero-order chi connectivity index (χ0) is 22.9. The van der Waals surface area contributed by atoms with Crippen LogP contribution in [0.15, 0.2) is 64.2 Å². The standard InChI is InChI=1S/C24H23N3O5/c28-21(7-4-8-22(29)30)25-15-18-11-9-17(10-12-18)14-20-24(32)26-19(23(31)27-20)13-16-5-2-1-3-6-16/h1-3,5-6,9-14H,4,7-8,15H2,(H,25,28)(H,26,32)(H,27,31)(H,29,30). The van der Waals surface area contributed by atoms with Gasteiger partial charge in [0, 0.05) is 19.4 Å². The van der Waals surface area contributed by atoms with Crippen molar-refractivity contribution in [2.24, 2.45) is 0 Å². The van der Waals surface area contributed by atoms with Crippen LogP contribution in [0.2, 0.25) is 0 Å². The molecule has 8 heteroatoms. The summed E-state index contributed by atoms with van der Waals surface area (Å²) >= 11 is 0. The predicted octanol–water partition coefficient (Wildman–Crippen LogP) is 0.592. The number of carboxylic acids is 1. The number of aromatic amines is 2. The van der Waals surface area contributed by atoms with E-state index in [1.54, 1.807) is 36.4 Å². The number of hydrogen-bond donors (Lipinski definition) is 4. The van der Waals surface area contributed by atoms with E-state index in [2.05, 4.69) is 15.3 Å². The Bertz CT molecular complexity index is 1320. The van der Waals surface area contributed by atoms with Gasteiger partial charge in [-0.15, -0.1) is 0 Å². The third-order valence-corrected chi connectivity index (χ3v) is 4.67. The summed E-state index contributed by atoms with van der Waals surface area (Å²) in [5.74, 6) is -1.13. The lowest BCUT2D eigenvalue weighted by atomic mass is 10.1. The fourth-order valence-corrected chi connectivity index (χ4v) is 3.00. The minimum Gasteiger partial charge on any atom is -0.481 e. The van der Waals surface area contributed by atoms with Gasteiger partial charge in [0.15, 0.2) is 0 Å². The Morgan fingerprint density at radius 3 is 1.94 bits per heavy atom. The number of carbonyl (C=O) groups excluding carboxylic acids is 1. The lowest BCUT2D eigenvalue weighted by Gasteiger charge is -2.05. The van der Waals surface area contributed by atoms with E-state index in [0.717, 1.165) is 11.1 Å². The number of hydrogen-bond acceptors (Lipinski definition) is 4. The smallest absolute Gasteiger partial charge is 0.303 e. The van der Waals surface area contributed by atoms with E-state index in [1.807, 2.05) is 30.3 Å². The van der Waals surface area contributed by atoms with Gasteiger partial charge in [0.05, 0.1) is 0 Å². The number of benzene rings is 2. The molecule has 3 rings (SSSR count). The molecule has 0 fully saturated rings. The average molecular weight is 433 g/mol. The van der Waals surface area contributed by atoms with E-state index >= 15 is 0 Å². The number of carbonyl (C=O) groups is 2. The largest absolute Gasteiger partial charge is 0.481 e. The van der Waals surface area contributed by atoms with Crippen LogP contribution < -0.4 is 27.1 Å². The highest BCUT2D eigenvalue weighted by molar-refractivity contribution is 5.76. The van der Waals surface area contributed by atoms with E-state index in [9.17, 15) is 19.2 Å². The molecule has 2 aromatic carbocycles. The highest BCUT2D eigenvalue weighted by Gasteiger charge is 2.04. The van der Waals surface area contributed by atoms with Crippen LogP contribution in [-0.4, -0.2) is 27.0 Å². The molecule has 4 N–H and O–H groups in total. The van der Waals surface area contributed by atoms with Crippen molar-refractivity contribution in [2.45, 2.75) is 25.8 Å². The Balaban J connectivity index is 1.70. The summed E-state index contributed by atoms with van der Waals surface area (Å²) < 4.78 is 0. The van der Waals surface area contributed by atoms with Crippen LogP contribution in [0.25, 0.3) is 12.2 Å². The fraction of sp³-hybridized carbons (Fsp3) is 0.167. The molecular weight excluding hydrogens is 410 g/mol. The second-order valence-corrected chi connectivity index (χ2v) is 7.20. The van der Waals surface area contributed by atoms with Crippen LogP contribution >= 0.6 is 0 Å². The van der Waals surface area contributed by atoms with Crippen LogP contribution in [0, 0.1) is 0 Å². The van der Waals surface area contributed by atoms with E-state index < -0.39 is 17.1 Å². The first kappa shape index (κ1) is 22.5. The SMILES string of the molecule is O=C(O)CCCC(=O)NCc1ccc(C=c2[nH]c(=O)c(=Cc3ccccc3)[nH]c2=O)cc1. The summed E-state index contributed by atoms with van der Waals surface area (Å²) in [5, 5.41) is 11.6. The third kappa shape index (κ3) is 6.66. The predicted molar refractivity (Wildman–Crippen MR) is 120 cm³/mol. The minimum atomic E-state index is -0.922. The normalized spacial score (nSPS) is 12.0. The van der Waals surface area contributed by atoms with Crippen LogP contribution in [0.5, 0.6) is 0 Å². The van der Waals surface area contributed by atoms with Crippen LogP contribution in [0.3, 0.4) is 0 Å². The first-order valence-corrected chi connectivity index (χ1v) is 10.1. The topological polar surface area (TPSA) is 132 Å². The van der Waals surface area contributed by atoms with Crippen molar-refractivity contribution >= 4 is 24.0 Å². The second kappa shape index (κ2) is 10.7. The van der Waals surface area contributed by atoms with Crippen molar-refractivity contribution in [3.8, 4) is 0 Å². The Labute approximate surface area is 183 Å². The van der Waals surface area contributed by atoms with Gasteiger partial charge in [0.2, 0.25) is 5.91 Å². The molecule has 0 atom stereocenters. The van der Waals surface area contributed by atoms with Gasteiger partial charge < -0.3 is 20.4 Å². The summed E-state index contributed by atoms with van der Waals surface area (Å²) in [5.41, 5.74) is 1.55. The highest BCUT2D eigenvalue weighted by atomic mass is 16.4. The molecule has 0 unspecified atom stereocenters. The Morgan fingerprint density at radius 2 is 1.38 bits per heavy atom. The number of nitrogens with one attached hydrogen (secondary N) is 3. The van der Waals surface area contributed by atoms with Crippen molar-refractivity contribution in [2.75, 3.05) is 0 Å². The number of rotatable bonds is 8. The zero-order valence-corrected chi connectivity index (χ0v) is 17.3. The quantitative estimate of drug-likeness (QED) is 0.413. The van der Waals surface area contributed by atoms with Gasteiger partial charge in [-0.2, -0.15) is 0 Å². The summed E-state index contributed by atoms with van der Waals surface area (Å²) in [6.45, 7) is 0.313. The van der Waals surface area contributed by atoms with E-state index in [0.29, 0.717) is 18.5 Å². The van der Waals surface area contributed by atoms with Crippen molar-refractivity contribution < 1.29 is 14.7 Å². The number of amides is 1. The molecule has 8 nitrogen and oxygen atoms in total. The van der Waals surface area contributed by atoms with Gasteiger partial charge in [-0.05, 0) is 35.3 Å². The molecule has 164 valence electrons. The summed E-state index contributed by atoms with van der Waals surface area (Å²) in [7, 11) is 0. The summed E-state index contributed by atoms with van der Waals surface area (Å²) in [6.07, 6.45) is 3.59. The molecule has 0 bridgehead atoms. The molecular formula is C24H23N3O5. The molecule has 0 aliphatic carbocycles. The molecule has 0 radical (unpaired) electrons. The number of aliphatic carboxylic acids is 1. The highest BCUT2D eigenvalue weighted by Crippen LogP contribution is 2.05. The van der Waals surface area contributed by atoms with Crippen molar-refractivity contribution in [3.63, 3.8) is 0 Å². The van der Waals surface area contributed by atoms with Crippen molar-refractivity contribution in [1.82, 2.24) is 15.3 Å². The molecule has 1 aromatic heterocycles. The van der Waals surface area contributed by atoms with E-state index in [1.165, 1.54) is 0 Å². The van der Waals surface area contributed by atoms with Gasteiger partial charge in [0.1, 0.15) is 10.7 Å². The number of carboxylic acid groups (broad SMARTS) is 1. The van der Waals surface area contributed by atoms with Crippen molar-refractivity contribution in [1.29, 1.82) is 0 Å². The molecule has 0 saturated carbocycles. The van der Waals surface area contributed by atoms with Crippen LogP contribution in [0.4, 0.5) is 0 Å². The van der Waals surface area contributed by atoms with Crippen LogP contribution in [-0.2, 0) is 16.1 Å². The van der Waals surface area contributed by atoms with Crippen molar-refractivity contribution in [3.05, 3.63) is 103 Å². The van der Waals surface area contributed by atoms with Gasteiger partial charge >= 0.3 is 5.97 Å².